The van der Waals surface area contributed by atoms with Crippen LogP contribution >= 0.6 is 0 Å². The fourth-order valence-corrected chi connectivity index (χ4v) is 8.76. The molecule has 2 heteroatoms. The summed E-state index contributed by atoms with van der Waals surface area (Å²) in [6, 6.07) is 4.76. The van der Waals surface area contributed by atoms with Gasteiger partial charge in [0.2, 0.25) is 0 Å². The number of hydrogen-bond donors (Lipinski definition) is 1. The molecule has 1 heterocycles. The molecule has 0 radical (unpaired) electrons. The van der Waals surface area contributed by atoms with Crippen LogP contribution in [0.1, 0.15) is 98.8 Å². The van der Waals surface area contributed by atoms with E-state index >= 15 is 0 Å². The van der Waals surface area contributed by atoms with E-state index in [1.807, 2.05) is 18.5 Å². The van der Waals surface area contributed by atoms with Gasteiger partial charge in [-0.2, -0.15) is 0 Å². The highest BCUT2D eigenvalue weighted by Gasteiger charge is 2.57. The van der Waals surface area contributed by atoms with Crippen LogP contribution in [0, 0.1) is 46.8 Å². The lowest BCUT2D eigenvalue weighted by Crippen LogP contribution is -2.50. The fraction of sp³-hybridized carbons (Fsp3) is 0.828. The van der Waals surface area contributed by atoms with Crippen LogP contribution in [0.3, 0.4) is 0 Å². The molecule has 1 aromatic heterocycles. The van der Waals surface area contributed by atoms with Crippen molar-refractivity contribution in [2.24, 2.45) is 46.8 Å². The minimum Gasteiger partial charge on any atom is -0.381 e. The van der Waals surface area contributed by atoms with Crippen LogP contribution in [0.25, 0.3) is 0 Å². The number of aromatic nitrogens is 1. The van der Waals surface area contributed by atoms with Crippen molar-refractivity contribution in [3.8, 4) is 0 Å². The van der Waals surface area contributed by atoms with Crippen LogP contribution < -0.4 is 5.32 Å². The first-order chi connectivity index (χ1) is 15.0. The van der Waals surface area contributed by atoms with Crippen molar-refractivity contribution in [3.05, 3.63) is 24.5 Å². The summed E-state index contributed by atoms with van der Waals surface area (Å²) >= 11 is 0. The SMILES string of the molecule is CC1CCC2C(CCC3C2CCC2(C)C(C(C)Nc4cccnc4)CCC32)C1.CCC. The first-order valence-electron chi connectivity index (χ1n) is 13.6. The number of pyridine rings is 1. The third-order valence-electron chi connectivity index (χ3n) is 9.95. The van der Waals surface area contributed by atoms with Crippen LogP contribution in [0.4, 0.5) is 5.69 Å². The van der Waals surface area contributed by atoms with E-state index in [1.54, 1.807) is 6.42 Å². The lowest BCUT2D eigenvalue weighted by atomic mass is 9.49. The number of nitrogens with zero attached hydrogens (tertiary/aromatic N) is 1. The predicted molar refractivity (Wildman–Crippen MR) is 133 cm³/mol. The van der Waals surface area contributed by atoms with E-state index < -0.39 is 0 Å². The molecule has 1 aromatic rings. The Kier molecular flexibility index (Phi) is 7.34. The van der Waals surface area contributed by atoms with Gasteiger partial charge in [-0.25, -0.2) is 0 Å². The first kappa shape index (κ1) is 23.1. The van der Waals surface area contributed by atoms with Crippen LogP contribution in [0.5, 0.6) is 0 Å². The molecule has 0 saturated heterocycles. The Morgan fingerprint density at radius 3 is 2.55 bits per heavy atom. The molecule has 9 atom stereocenters. The molecule has 5 rings (SSSR count). The Labute approximate surface area is 192 Å². The molecule has 0 aromatic carbocycles. The Morgan fingerprint density at radius 1 is 1.03 bits per heavy atom. The lowest BCUT2D eigenvalue weighted by Gasteiger charge is -2.56. The van der Waals surface area contributed by atoms with E-state index in [4.69, 9.17) is 0 Å². The molecule has 31 heavy (non-hydrogen) atoms. The Morgan fingerprint density at radius 2 is 1.81 bits per heavy atom. The minimum absolute atomic E-state index is 0.544. The second-order valence-corrected chi connectivity index (χ2v) is 12.0. The summed E-state index contributed by atoms with van der Waals surface area (Å²) in [6.45, 7) is 11.8. The van der Waals surface area contributed by atoms with Gasteiger partial charge in [-0.1, -0.05) is 40.5 Å². The van der Waals surface area contributed by atoms with Crippen molar-refractivity contribution < 1.29 is 0 Å². The number of hydrogen-bond acceptors (Lipinski definition) is 2. The van der Waals surface area contributed by atoms with Gasteiger partial charge in [0.1, 0.15) is 0 Å². The van der Waals surface area contributed by atoms with Gasteiger partial charge in [0.05, 0.1) is 5.69 Å². The summed E-state index contributed by atoms with van der Waals surface area (Å²) in [5, 5.41) is 3.80. The number of rotatable bonds is 3. The van der Waals surface area contributed by atoms with Crippen molar-refractivity contribution >= 4 is 5.69 Å². The maximum atomic E-state index is 4.30. The predicted octanol–water partition coefficient (Wildman–Crippen LogP) is 8.20. The minimum atomic E-state index is 0.544. The highest BCUT2D eigenvalue weighted by molar-refractivity contribution is 5.41. The third-order valence-corrected chi connectivity index (χ3v) is 9.95. The van der Waals surface area contributed by atoms with Crippen molar-refractivity contribution in [1.29, 1.82) is 0 Å². The first-order valence-corrected chi connectivity index (χ1v) is 13.6. The Hall–Kier alpha value is -1.05. The zero-order valence-electron chi connectivity index (χ0n) is 20.9. The molecule has 0 spiro atoms. The van der Waals surface area contributed by atoms with Gasteiger partial charge in [0, 0.05) is 18.4 Å². The normalized spacial score (nSPS) is 42.3. The zero-order valence-corrected chi connectivity index (χ0v) is 20.9. The summed E-state index contributed by atoms with van der Waals surface area (Å²) in [5.41, 5.74) is 1.73. The van der Waals surface area contributed by atoms with Gasteiger partial charge < -0.3 is 5.32 Å². The second-order valence-electron chi connectivity index (χ2n) is 12.0. The molecule has 174 valence electrons. The van der Waals surface area contributed by atoms with E-state index in [2.05, 4.69) is 51.0 Å². The van der Waals surface area contributed by atoms with Gasteiger partial charge >= 0.3 is 0 Å². The van der Waals surface area contributed by atoms with Gasteiger partial charge in [0.15, 0.2) is 0 Å². The van der Waals surface area contributed by atoms with E-state index in [-0.39, 0.29) is 0 Å². The fourth-order valence-electron chi connectivity index (χ4n) is 8.76. The molecule has 9 unspecified atom stereocenters. The third kappa shape index (κ3) is 4.55. The lowest BCUT2D eigenvalue weighted by molar-refractivity contribution is -0.0683. The number of nitrogens with one attached hydrogen (secondary N) is 1. The Bertz CT molecular complexity index is 687. The van der Waals surface area contributed by atoms with Crippen molar-refractivity contribution in [2.75, 3.05) is 5.32 Å². The summed E-state index contributed by atoms with van der Waals surface area (Å²) in [6.07, 6.45) is 18.6. The van der Waals surface area contributed by atoms with Gasteiger partial charge in [0.25, 0.3) is 0 Å². The van der Waals surface area contributed by atoms with Crippen LogP contribution in [0.2, 0.25) is 0 Å². The molecule has 0 amide bonds. The van der Waals surface area contributed by atoms with Crippen LogP contribution in [0.15, 0.2) is 24.5 Å². The van der Waals surface area contributed by atoms with Gasteiger partial charge in [-0.15, -0.1) is 0 Å². The molecular formula is C29H48N2. The smallest absolute Gasteiger partial charge is 0.0528 e. The molecule has 2 nitrogen and oxygen atoms in total. The van der Waals surface area contributed by atoms with E-state index in [9.17, 15) is 0 Å². The number of anilines is 1. The van der Waals surface area contributed by atoms with Crippen molar-refractivity contribution in [1.82, 2.24) is 4.98 Å². The molecule has 0 bridgehead atoms. The van der Waals surface area contributed by atoms with Gasteiger partial charge in [-0.05, 0) is 117 Å². The molecule has 4 fully saturated rings. The summed E-state index contributed by atoms with van der Waals surface area (Å²) < 4.78 is 0. The van der Waals surface area contributed by atoms with Crippen molar-refractivity contribution in [2.45, 2.75) is 105 Å². The molecule has 1 N–H and O–H groups in total. The summed E-state index contributed by atoms with van der Waals surface area (Å²) in [5.74, 6) is 7.01. The van der Waals surface area contributed by atoms with Crippen molar-refractivity contribution in [3.63, 3.8) is 0 Å². The molecule has 4 saturated carbocycles. The highest BCUT2D eigenvalue weighted by atomic mass is 14.9. The molecular weight excluding hydrogens is 376 g/mol. The maximum Gasteiger partial charge on any atom is 0.0528 e. The quantitative estimate of drug-likeness (QED) is 0.529. The Balaban J connectivity index is 0.000000730. The molecule has 4 aliphatic carbocycles. The molecule has 0 aliphatic heterocycles. The molecule has 4 aliphatic rings. The largest absolute Gasteiger partial charge is 0.381 e. The van der Waals surface area contributed by atoms with Crippen LogP contribution in [-0.4, -0.2) is 11.0 Å². The highest BCUT2D eigenvalue weighted by Crippen LogP contribution is 2.65. The monoisotopic (exact) mass is 424 g/mol. The number of fused-ring (bicyclic) bond motifs is 5. The average Bonchev–Trinajstić information content (AvgIpc) is 3.12. The average molecular weight is 425 g/mol. The summed E-state index contributed by atoms with van der Waals surface area (Å²) in [7, 11) is 0. The zero-order chi connectivity index (χ0) is 22.0. The van der Waals surface area contributed by atoms with Gasteiger partial charge in [-0.3, -0.25) is 4.98 Å². The topological polar surface area (TPSA) is 24.9 Å². The van der Waals surface area contributed by atoms with Crippen LogP contribution in [-0.2, 0) is 0 Å². The van der Waals surface area contributed by atoms with E-state index in [0.717, 1.165) is 41.4 Å². The summed E-state index contributed by atoms with van der Waals surface area (Å²) in [4.78, 5) is 4.30. The standard InChI is InChI=1S/C26H40N2.C3H8/c1-17-6-8-21-19(15-17)7-9-23-22(21)12-13-26(3)24(10-11-25(23)26)18(2)28-20-5-4-14-27-16-20;1-3-2/h4-5,14,16-19,21-25,28H,6-13,15H2,1-3H3;3H2,1-2H3. The van der Waals surface area contributed by atoms with E-state index in [1.165, 1.54) is 63.5 Å². The second kappa shape index (κ2) is 9.84. The van der Waals surface area contributed by atoms with E-state index in [0.29, 0.717) is 11.5 Å². The maximum absolute atomic E-state index is 4.30.